The molecule has 0 saturated carbocycles. The summed E-state index contributed by atoms with van der Waals surface area (Å²) in [5.74, 6) is -0.719. The molecule has 266 valence electrons. The molecule has 0 fully saturated rings. The molecular weight excluding hydrogens is 592 g/mol. The maximum atomic E-state index is 12.4. The van der Waals surface area contributed by atoms with Gasteiger partial charge in [0.1, 0.15) is 13.2 Å². The third kappa shape index (κ3) is 33.7. The lowest BCUT2D eigenvalue weighted by molar-refractivity contribution is -0.162. The van der Waals surface area contributed by atoms with Crippen LogP contribution in [0.15, 0.2) is 0 Å². The topological polar surface area (TPSA) is 88.1 Å². The first-order valence-electron chi connectivity index (χ1n) is 18.7. The van der Waals surface area contributed by atoms with Crippen molar-refractivity contribution >= 4 is 29.7 Å². The lowest BCUT2D eigenvalue weighted by Crippen LogP contribution is -2.31. The van der Waals surface area contributed by atoms with Gasteiger partial charge in [-0.15, -0.1) is 0 Å². The van der Waals surface area contributed by atoms with Crippen LogP contribution in [0.2, 0.25) is 0 Å². The zero-order valence-corrected chi connectivity index (χ0v) is 30.0. The molecule has 0 aliphatic carbocycles. The summed E-state index contributed by atoms with van der Waals surface area (Å²) in [5.41, 5.74) is 0. The van der Waals surface area contributed by atoms with Crippen LogP contribution in [0.1, 0.15) is 194 Å². The van der Waals surface area contributed by atoms with E-state index in [1.54, 1.807) is 0 Å². The highest BCUT2D eigenvalue weighted by Gasteiger charge is 2.20. The number of hydrogen-bond donors (Lipinski definition) is 0. The number of rotatable bonds is 34. The Labute approximate surface area is 281 Å². The van der Waals surface area contributed by atoms with Crippen molar-refractivity contribution in [1.29, 1.82) is 0 Å². The number of ether oxygens (including phenoxy) is 4. The second kappa shape index (κ2) is 35.4. The first-order valence-corrected chi connectivity index (χ1v) is 19.3. The Kier molecular flexibility index (Phi) is 34.2. The monoisotopic (exact) mass is 660 g/mol. The maximum Gasteiger partial charge on any atom is 0.509 e. The number of hydrogen-bond acceptors (Lipinski definition) is 7. The van der Waals surface area contributed by atoms with E-state index in [1.807, 2.05) is 0 Å². The lowest BCUT2D eigenvalue weighted by atomic mass is 10.0. The molecule has 1 unspecified atom stereocenters. The van der Waals surface area contributed by atoms with E-state index in [4.69, 9.17) is 25.8 Å². The van der Waals surface area contributed by atoms with E-state index >= 15 is 0 Å². The van der Waals surface area contributed by atoms with Crippen LogP contribution in [0.4, 0.5) is 4.79 Å². The van der Waals surface area contributed by atoms with Gasteiger partial charge in [-0.1, -0.05) is 180 Å². The standard InChI is InChI=1S/C37H69ClO7/c1-3-5-7-9-11-13-15-17-19-21-23-25-27-29-35(39)42-31-34(32-43-37(41)44-33-38)45-36(40)30-28-26-24-22-20-18-16-14-12-10-8-6-4-2/h34H,3-33H2,1-2H3. The molecule has 0 aromatic rings. The van der Waals surface area contributed by atoms with Gasteiger partial charge in [0.05, 0.1) is 0 Å². The smallest absolute Gasteiger partial charge is 0.462 e. The van der Waals surface area contributed by atoms with E-state index in [9.17, 15) is 14.4 Å². The van der Waals surface area contributed by atoms with Crippen LogP contribution in [-0.4, -0.2) is 43.5 Å². The Balaban J connectivity index is 4.00. The Morgan fingerprint density at radius 2 is 0.778 bits per heavy atom. The molecular formula is C37H69ClO7. The van der Waals surface area contributed by atoms with Crippen molar-refractivity contribution in [3.8, 4) is 0 Å². The molecule has 0 amide bonds. The molecule has 45 heavy (non-hydrogen) atoms. The van der Waals surface area contributed by atoms with Crippen LogP contribution in [-0.2, 0) is 28.5 Å². The first kappa shape index (κ1) is 43.5. The van der Waals surface area contributed by atoms with Crippen LogP contribution in [0.5, 0.6) is 0 Å². The summed E-state index contributed by atoms with van der Waals surface area (Å²) in [6.07, 6.45) is 30.9. The fourth-order valence-corrected chi connectivity index (χ4v) is 5.53. The van der Waals surface area contributed by atoms with Gasteiger partial charge in [0.15, 0.2) is 12.2 Å². The predicted molar refractivity (Wildman–Crippen MR) is 185 cm³/mol. The minimum absolute atomic E-state index is 0.157. The molecule has 1 atom stereocenters. The second-order valence-corrected chi connectivity index (χ2v) is 12.8. The van der Waals surface area contributed by atoms with Crippen LogP contribution in [0.3, 0.4) is 0 Å². The highest BCUT2D eigenvalue weighted by atomic mass is 35.5. The van der Waals surface area contributed by atoms with Gasteiger partial charge in [-0.2, -0.15) is 0 Å². The number of carbonyl (C=O) groups excluding carboxylic acids is 3. The summed E-state index contributed by atoms with van der Waals surface area (Å²) in [7, 11) is 0. The molecule has 0 saturated heterocycles. The van der Waals surface area contributed by atoms with Gasteiger partial charge in [-0.3, -0.25) is 9.59 Å². The molecule has 0 rings (SSSR count). The summed E-state index contributed by atoms with van der Waals surface area (Å²) >= 11 is 5.39. The Bertz CT molecular complexity index is 673. The van der Waals surface area contributed by atoms with Crippen molar-refractivity contribution < 1.29 is 33.3 Å². The highest BCUT2D eigenvalue weighted by Crippen LogP contribution is 2.15. The Hall–Kier alpha value is -1.50. The maximum absolute atomic E-state index is 12.4. The highest BCUT2D eigenvalue weighted by molar-refractivity contribution is 6.17. The third-order valence-corrected chi connectivity index (χ3v) is 8.37. The normalized spacial score (nSPS) is 11.7. The van der Waals surface area contributed by atoms with E-state index in [0.717, 1.165) is 38.5 Å². The van der Waals surface area contributed by atoms with Gasteiger partial charge < -0.3 is 18.9 Å². The molecule has 7 nitrogen and oxygen atoms in total. The minimum Gasteiger partial charge on any atom is -0.462 e. The van der Waals surface area contributed by atoms with Crippen molar-refractivity contribution in [3.05, 3.63) is 0 Å². The summed E-state index contributed by atoms with van der Waals surface area (Å²) in [5, 5.41) is 0. The van der Waals surface area contributed by atoms with Crippen molar-refractivity contribution in [2.24, 2.45) is 0 Å². The predicted octanol–water partition coefficient (Wildman–Crippen LogP) is 11.8. The quantitative estimate of drug-likeness (QED) is 0.0293. The number of carbonyl (C=O) groups is 3. The van der Waals surface area contributed by atoms with Gasteiger partial charge in [-0.05, 0) is 12.8 Å². The molecule has 0 aromatic carbocycles. The minimum atomic E-state index is -0.958. The summed E-state index contributed by atoms with van der Waals surface area (Å²) in [6.45, 7) is 4.09. The van der Waals surface area contributed by atoms with Crippen molar-refractivity contribution in [2.75, 3.05) is 19.3 Å². The molecule has 0 spiro atoms. The summed E-state index contributed by atoms with van der Waals surface area (Å²) < 4.78 is 20.4. The number of esters is 2. The van der Waals surface area contributed by atoms with Crippen LogP contribution >= 0.6 is 11.6 Å². The fourth-order valence-electron chi connectivity index (χ4n) is 5.44. The van der Waals surface area contributed by atoms with Gasteiger partial charge in [0.25, 0.3) is 0 Å². The van der Waals surface area contributed by atoms with Gasteiger partial charge in [0.2, 0.25) is 0 Å². The number of unbranched alkanes of at least 4 members (excludes halogenated alkanes) is 24. The average Bonchev–Trinajstić information content (AvgIpc) is 3.03. The van der Waals surface area contributed by atoms with Crippen LogP contribution < -0.4 is 0 Å². The number of alkyl halides is 1. The van der Waals surface area contributed by atoms with E-state index in [2.05, 4.69) is 18.6 Å². The summed E-state index contributed by atoms with van der Waals surface area (Å²) in [4.78, 5) is 36.2. The van der Waals surface area contributed by atoms with Gasteiger partial charge in [0, 0.05) is 12.8 Å². The summed E-state index contributed by atoms with van der Waals surface area (Å²) in [6, 6.07) is -0.337. The molecule has 0 aromatic heterocycles. The largest absolute Gasteiger partial charge is 0.509 e. The lowest BCUT2D eigenvalue weighted by Gasteiger charge is -2.18. The second-order valence-electron chi connectivity index (χ2n) is 12.6. The van der Waals surface area contributed by atoms with E-state index in [0.29, 0.717) is 6.42 Å². The molecule has 8 heteroatoms. The van der Waals surface area contributed by atoms with Crippen LogP contribution in [0.25, 0.3) is 0 Å². The third-order valence-electron chi connectivity index (χ3n) is 8.26. The van der Waals surface area contributed by atoms with E-state index in [-0.39, 0.29) is 37.6 Å². The molecule has 0 aliphatic rings. The zero-order valence-electron chi connectivity index (χ0n) is 29.2. The van der Waals surface area contributed by atoms with Crippen LogP contribution in [0, 0.1) is 0 Å². The molecule has 0 aliphatic heterocycles. The average molecular weight is 661 g/mol. The zero-order chi connectivity index (χ0) is 33.1. The fraction of sp³-hybridized carbons (Fsp3) is 0.919. The van der Waals surface area contributed by atoms with Crippen molar-refractivity contribution in [3.63, 3.8) is 0 Å². The molecule has 0 heterocycles. The van der Waals surface area contributed by atoms with E-state index in [1.165, 1.54) is 128 Å². The first-order chi connectivity index (χ1) is 22.0. The van der Waals surface area contributed by atoms with Gasteiger partial charge in [-0.25, -0.2) is 4.79 Å². The molecule has 0 N–H and O–H groups in total. The van der Waals surface area contributed by atoms with Gasteiger partial charge >= 0.3 is 18.1 Å². The van der Waals surface area contributed by atoms with E-state index < -0.39 is 12.3 Å². The SMILES string of the molecule is CCCCCCCCCCCCCCCC(=O)OCC(COC(=O)OCCl)OC(=O)CCCCCCCCCCCCCCC. The Morgan fingerprint density at radius 1 is 0.444 bits per heavy atom. The van der Waals surface area contributed by atoms with Crippen molar-refractivity contribution in [1.82, 2.24) is 0 Å². The molecule has 0 bridgehead atoms. The number of halogens is 1. The van der Waals surface area contributed by atoms with Crippen molar-refractivity contribution in [2.45, 2.75) is 200 Å². The molecule has 0 radical (unpaired) electrons. The Morgan fingerprint density at radius 3 is 1.16 bits per heavy atom.